The van der Waals surface area contributed by atoms with E-state index >= 15 is 0 Å². The van der Waals surface area contributed by atoms with Crippen molar-refractivity contribution in [2.45, 2.75) is 44.8 Å². The molecule has 0 aliphatic heterocycles. The Morgan fingerprint density at radius 3 is 2.80 bits per heavy atom. The summed E-state index contributed by atoms with van der Waals surface area (Å²) in [7, 11) is 0. The van der Waals surface area contributed by atoms with Crippen molar-refractivity contribution >= 4 is 5.91 Å². The summed E-state index contributed by atoms with van der Waals surface area (Å²) < 4.78 is 0. The van der Waals surface area contributed by atoms with Crippen LogP contribution in [0.25, 0.3) is 0 Å². The zero-order valence-electron chi connectivity index (χ0n) is 12.0. The van der Waals surface area contributed by atoms with Crippen LogP contribution in [0.5, 0.6) is 0 Å². The van der Waals surface area contributed by atoms with Crippen LogP contribution in [-0.2, 0) is 4.79 Å². The zero-order valence-corrected chi connectivity index (χ0v) is 12.0. The second-order valence-electron chi connectivity index (χ2n) is 6.02. The van der Waals surface area contributed by atoms with Gasteiger partial charge in [-0.3, -0.25) is 4.79 Å². The quantitative estimate of drug-likeness (QED) is 0.784. The van der Waals surface area contributed by atoms with Crippen LogP contribution in [0.1, 0.15) is 44.2 Å². The SMILES string of the molecule is CC1(CNC(=O)C(N)c2ccccc2)CCCCC1O. The maximum absolute atomic E-state index is 12.1. The van der Waals surface area contributed by atoms with Gasteiger partial charge in [-0.2, -0.15) is 0 Å². The van der Waals surface area contributed by atoms with E-state index in [0.717, 1.165) is 31.2 Å². The molecule has 0 heterocycles. The highest BCUT2D eigenvalue weighted by Gasteiger charge is 2.35. The Balaban J connectivity index is 1.92. The molecule has 1 aromatic rings. The standard InChI is InChI=1S/C16H24N2O2/c1-16(10-6-5-9-13(16)19)11-18-15(20)14(17)12-7-3-2-4-8-12/h2-4,7-8,13-14,19H,5-6,9-11,17H2,1H3,(H,18,20). The Morgan fingerprint density at radius 2 is 2.15 bits per heavy atom. The highest BCUT2D eigenvalue weighted by atomic mass is 16.3. The summed E-state index contributed by atoms with van der Waals surface area (Å²) >= 11 is 0. The molecule has 2 rings (SSSR count). The highest BCUT2D eigenvalue weighted by molar-refractivity contribution is 5.82. The summed E-state index contributed by atoms with van der Waals surface area (Å²) in [6.45, 7) is 2.51. The van der Waals surface area contributed by atoms with Gasteiger partial charge in [0.05, 0.1) is 6.10 Å². The molecule has 1 amide bonds. The first-order chi connectivity index (χ1) is 9.53. The minimum Gasteiger partial charge on any atom is -0.392 e. The third-order valence-electron chi connectivity index (χ3n) is 4.39. The lowest BCUT2D eigenvalue weighted by Gasteiger charge is -2.38. The lowest BCUT2D eigenvalue weighted by atomic mass is 9.73. The van der Waals surface area contributed by atoms with Crippen molar-refractivity contribution in [2.24, 2.45) is 11.1 Å². The van der Waals surface area contributed by atoms with Gasteiger partial charge in [0.2, 0.25) is 5.91 Å². The molecular formula is C16H24N2O2. The van der Waals surface area contributed by atoms with Crippen molar-refractivity contribution in [3.05, 3.63) is 35.9 Å². The van der Waals surface area contributed by atoms with Gasteiger partial charge in [-0.15, -0.1) is 0 Å². The van der Waals surface area contributed by atoms with Crippen LogP contribution in [0.15, 0.2) is 30.3 Å². The fraction of sp³-hybridized carbons (Fsp3) is 0.562. The van der Waals surface area contributed by atoms with E-state index in [2.05, 4.69) is 5.32 Å². The number of carbonyl (C=O) groups is 1. The summed E-state index contributed by atoms with van der Waals surface area (Å²) in [5.74, 6) is -0.185. The third-order valence-corrected chi connectivity index (χ3v) is 4.39. The molecule has 3 unspecified atom stereocenters. The van der Waals surface area contributed by atoms with E-state index < -0.39 is 6.04 Å². The largest absolute Gasteiger partial charge is 0.392 e. The van der Waals surface area contributed by atoms with Gasteiger partial charge in [0.15, 0.2) is 0 Å². The molecule has 4 N–H and O–H groups in total. The number of benzene rings is 1. The normalized spacial score (nSPS) is 27.9. The molecule has 1 aromatic carbocycles. The summed E-state index contributed by atoms with van der Waals surface area (Å²) in [5.41, 5.74) is 6.53. The van der Waals surface area contributed by atoms with E-state index in [1.807, 2.05) is 37.3 Å². The average molecular weight is 276 g/mol. The second kappa shape index (κ2) is 6.37. The molecule has 4 nitrogen and oxygen atoms in total. The van der Waals surface area contributed by atoms with E-state index in [0.29, 0.717) is 6.54 Å². The van der Waals surface area contributed by atoms with Gasteiger partial charge >= 0.3 is 0 Å². The van der Waals surface area contributed by atoms with Crippen LogP contribution in [0.2, 0.25) is 0 Å². The minimum absolute atomic E-state index is 0.185. The van der Waals surface area contributed by atoms with E-state index in [4.69, 9.17) is 5.73 Å². The maximum Gasteiger partial charge on any atom is 0.241 e. The van der Waals surface area contributed by atoms with Gasteiger partial charge in [-0.25, -0.2) is 0 Å². The van der Waals surface area contributed by atoms with Crippen LogP contribution < -0.4 is 11.1 Å². The summed E-state index contributed by atoms with van der Waals surface area (Å²) in [5, 5.41) is 13.0. The Bertz CT molecular complexity index is 449. The van der Waals surface area contributed by atoms with Gasteiger partial charge in [0, 0.05) is 12.0 Å². The van der Waals surface area contributed by atoms with Crippen LogP contribution in [0, 0.1) is 5.41 Å². The molecule has 0 aromatic heterocycles. The molecule has 110 valence electrons. The van der Waals surface area contributed by atoms with Crippen molar-refractivity contribution in [3.8, 4) is 0 Å². The Kier molecular flexibility index (Phi) is 4.78. The molecule has 0 spiro atoms. The Morgan fingerprint density at radius 1 is 1.45 bits per heavy atom. The number of aliphatic hydroxyl groups is 1. The molecule has 0 saturated heterocycles. The van der Waals surface area contributed by atoms with Crippen molar-refractivity contribution in [1.29, 1.82) is 0 Å². The molecule has 1 fully saturated rings. The van der Waals surface area contributed by atoms with Crippen molar-refractivity contribution < 1.29 is 9.90 Å². The number of nitrogens with one attached hydrogen (secondary N) is 1. The topological polar surface area (TPSA) is 75.4 Å². The Hall–Kier alpha value is -1.39. The van der Waals surface area contributed by atoms with E-state index in [-0.39, 0.29) is 17.4 Å². The molecule has 1 aliphatic carbocycles. The van der Waals surface area contributed by atoms with E-state index in [1.54, 1.807) is 0 Å². The fourth-order valence-electron chi connectivity index (χ4n) is 2.80. The van der Waals surface area contributed by atoms with Gasteiger partial charge in [-0.05, 0) is 18.4 Å². The van der Waals surface area contributed by atoms with Crippen LogP contribution in [0.3, 0.4) is 0 Å². The number of aliphatic hydroxyl groups excluding tert-OH is 1. The number of rotatable bonds is 4. The van der Waals surface area contributed by atoms with Gasteiger partial charge in [-0.1, -0.05) is 50.1 Å². The maximum atomic E-state index is 12.1. The monoisotopic (exact) mass is 276 g/mol. The summed E-state index contributed by atoms with van der Waals surface area (Å²) in [4.78, 5) is 12.1. The van der Waals surface area contributed by atoms with Crippen LogP contribution >= 0.6 is 0 Å². The van der Waals surface area contributed by atoms with Crippen molar-refractivity contribution in [1.82, 2.24) is 5.32 Å². The summed E-state index contributed by atoms with van der Waals surface area (Å²) in [6.07, 6.45) is 3.58. The predicted octanol–water partition coefficient (Wildman–Crippen LogP) is 1.74. The molecule has 20 heavy (non-hydrogen) atoms. The lowest BCUT2D eigenvalue weighted by Crippen LogP contribution is -2.47. The van der Waals surface area contributed by atoms with Gasteiger partial charge in [0.25, 0.3) is 0 Å². The van der Waals surface area contributed by atoms with Crippen LogP contribution in [0.4, 0.5) is 0 Å². The first-order valence-corrected chi connectivity index (χ1v) is 7.29. The lowest BCUT2D eigenvalue weighted by molar-refractivity contribution is -0.123. The smallest absolute Gasteiger partial charge is 0.241 e. The third kappa shape index (κ3) is 3.38. The van der Waals surface area contributed by atoms with E-state index in [1.165, 1.54) is 0 Å². The number of amides is 1. The minimum atomic E-state index is -0.652. The molecule has 4 heteroatoms. The molecule has 0 radical (unpaired) electrons. The van der Waals surface area contributed by atoms with Gasteiger partial charge in [0.1, 0.15) is 6.04 Å². The molecule has 1 saturated carbocycles. The van der Waals surface area contributed by atoms with E-state index in [9.17, 15) is 9.90 Å². The first kappa shape index (κ1) is 15.0. The molecule has 1 aliphatic rings. The molecular weight excluding hydrogens is 252 g/mol. The van der Waals surface area contributed by atoms with Gasteiger partial charge < -0.3 is 16.2 Å². The highest BCUT2D eigenvalue weighted by Crippen LogP contribution is 2.35. The number of hydrogen-bond donors (Lipinski definition) is 3. The van der Waals surface area contributed by atoms with Crippen molar-refractivity contribution in [3.63, 3.8) is 0 Å². The number of hydrogen-bond acceptors (Lipinski definition) is 3. The Labute approximate surface area is 120 Å². The zero-order chi connectivity index (χ0) is 14.6. The molecule has 3 atom stereocenters. The molecule has 0 bridgehead atoms. The van der Waals surface area contributed by atoms with Crippen molar-refractivity contribution in [2.75, 3.05) is 6.54 Å². The van der Waals surface area contributed by atoms with Crippen LogP contribution in [-0.4, -0.2) is 23.7 Å². The summed E-state index contributed by atoms with van der Waals surface area (Å²) in [6, 6.07) is 8.68. The number of carbonyl (C=O) groups excluding carboxylic acids is 1. The average Bonchev–Trinajstić information content (AvgIpc) is 2.48. The predicted molar refractivity (Wildman–Crippen MR) is 79.0 cm³/mol. The second-order valence-corrected chi connectivity index (χ2v) is 6.02. The fourth-order valence-corrected chi connectivity index (χ4v) is 2.80. The first-order valence-electron chi connectivity index (χ1n) is 7.29. The number of nitrogens with two attached hydrogens (primary N) is 1.